The summed E-state index contributed by atoms with van der Waals surface area (Å²) in [4.78, 5) is 41.3. The van der Waals surface area contributed by atoms with Crippen molar-refractivity contribution in [1.29, 1.82) is 0 Å². The van der Waals surface area contributed by atoms with E-state index in [2.05, 4.69) is 0 Å². The predicted octanol–water partition coefficient (Wildman–Crippen LogP) is 1.59. The fraction of sp³-hybridized carbons (Fsp3) is 0.632. The minimum atomic E-state index is -0.926. The van der Waals surface area contributed by atoms with Crippen molar-refractivity contribution in [2.24, 2.45) is 11.3 Å². The van der Waals surface area contributed by atoms with Gasteiger partial charge in [0, 0.05) is 32.5 Å². The van der Waals surface area contributed by atoms with Gasteiger partial charge in [-0.1, -0.05) is 0 Å². The minimum absolute atomic E-state index is 0.0456. The zero-order valence-electron chi connectivity index (χ0n) is 15.2. The van der Waals surface area contributed by atoms with Gasteiger partial charge in [-0.25, -0.2) is 0 Å². The molecule has 3 heterocycles. The molecule has 0 saturated carbocycles. The van der Waals surface area contributed by atoms with Crippen molar-refractivity contribution in [3.8, 4) is 0 Å². The van der Waals surface area contributed by atoms with E-state index in [1.807, 2.05) is 11.9 Å². The smallest absolute Gasteiger partial charge is 0.313 e. The van der Waals surface area contributed by atoms with Crippen molar-refractivity contribution in [3.63, 3.8) is 0 Å². The first-order chi connectivity index (χ1) is 12.3. The van der Waals surface area contributed by atoms with Gasteiger partial charge in [-0.15, -0.1) is 0 Å². The number of furan rings is 1. The average molecular weight is 360 g/mol. The summed E-state index contributed by atoms with van der Waals surface area (Å²) < 4.78 is 5.70. The number of carbonyl (C=O) groups excluding carboxylic acids is 2. The van der Waals surface area contributed by atoms with Gasteiger partial charge in [0.05, 0.1) is 11.1 Å². The normalized spacial score (nSPS) is 28.8. The Morgan fingerprint density at radius 1 is 1.27 bits per heavy atom. The number of ketones is 1. The van der Waals surface area contributed by atoms with E-state index in [0.29, 0.717) is 48.6 Å². The van der Waals surface area contributed by atoms with Gasteiger partial charge in [-0.3, -0.25) is 14.4 Å². The van der Waals surface area contributed by atoms with Gasteiger partial charge in [0.25, 0.3) is 5.91 Å². The van der Waals surface area contributed by atoms with Crippen LogP contribution in [0.3, 0.4) is 0 Å². The van der Waals surface area contributed by atoms with Crippen LogP contribution < -0.4 is 0 Å². The number of amides is 1. The molecule has 140 valence electrons. The molecule has 1 aliphatic carbocycles. The third-order valence-electron chi connectivity index (χ3n) is 6.28. The third-order valence-corrected chi connectivity index (χ3v) is 6.28. The highest BCUT2D eigenvalue weighted by atomic mass is 16.4. The topological polar surface area (TPSA) is 91.1 Å². The molecule has 1 aromatic rings. The molecule has 0 bridgehead atoms. The molecule has 1 aromatic heterocycles. The molecule has 2 atom stereocenters. The molecule has 7 heteroatoms. The van der Waals surface area contributed by atoms with E-state index in [1.165, 1.54) is 0 Å². The zero-order valence-corrected chi connectivity index (χ0v) is 15.2. The molecule has 2 aliphatic heterocycles. The number of nitrogens with zero attached hydrogens (tertiary/aromatic N) is 2. The number of likely N-dealkylation sites (tertiary alicyclic amines) is 2. The van der Waals surface area contributed by atoms with Gasteiger partial charge in [-0.05, 0) is 39.3 Å². The summed E-state index contributed by atoms with van der Waals surface area (Å²) >= 11 is 0. The van der Waals surface area contributed by atoms with Gasteiger partial charge in [-0.2, -0.15) is 0 Å². The number of hydrogen-bond acceptors (Lipinski definition) is 5. The SMILES string of the molecule is Cc1oc2c(c1C(=O)N1CC3CCN(C)CC3(C(=O)O)C1)C(=O)CCC2. The van der Waals surface area contributed by atoms with E-state index < -0.39 is 11.4 Å². The molecular formula is C19H24N2O5. The lowest BCUT2D eigenvalue weighted by molar-refractivity contribution is -0.153. The first-order valence-corrected chi connectivity index (χ1v) is 9.20. The summed E-state index contributed by atoms with van der Waals surface area (Å²) in [6.45, 7) is 3.59. The fourth-order valence-electron chi connectivity index (χ4n) is 4.95. The second kappa shape index (κ2) is 5.94. The van der Waals surface area contributed by atoms with Crippen molar-refractivity contribution in [2.45, 2.75) is 32.6 Å². The van der Waals surface area contributed by atoms with Crippen LogP contribution in [0.25, 0.3) is 0 Å². The largest absolute Gasteiger partial charge is 0.481 e. The van der Waals surface area contributed by atoms with Gasteiger partial charge in [0.15, 0.2) is 5.78 Å². The molecule has 0 spiro atoms. The van der Waals surface area contributed by atoms with Crippen LogP contribution in [0.4, 0.5) is 0 Å². The van der Waals surface area contributed by atoms with Crippen LogP contribution in [0.15, 0.2) is 4.42 Å². The lowest BCUT2D eigenvalue weighted by atomic mass is 9.73. The number of carboxylic acid groups (broad SMARTS) is 1. The maximum Gasteiger partial charge on any atom is 0.313 e. The van der Waals surface area contributed by atoms with E-state index in [1.54, 1.807) is 11.8 Å². The number of piperidine rings is 1. The van der Waals surface area contributed by atoms with E-state index in [-0.39, 0.29) is 24.2 Å². The summed E-state index contributed by atoms with van der Waals surface area (Å²) in [5, 5.41) is 9.90. The zero-order chi connectivity index (χ0) is 18.6. The lowest BCUT2D eigenvalue weighted by Gasteiger charge is -2.39. The van der Waals surface area contributed by atoms with E-state index in [4.69, 9.17) is 4.42 Å². The minimum Gasteiger partial charge on any atom is -0.481 e. The molecular weight excluding hydrogens is 336 g/mol. The number of aliphatic carboxylic acids is 1. The van der Waals surface area contributed by atoms with Crippen molar-refractivity contribution >= 4 is 17.7 Å². The molecule has 0 aromatic carbocycles. The first kappa shape index (κ1) is 17.3. The summed E-state index contributed by atoms with van der Waals surface area (Å²) in [5.41, 5.74) is -0.156. The summed E-state index contributed by atoms with van der Waals surface area (Å²) in [5.74, 6) is -0.139. The molecule has 2 unspecified atom stereocenters. The Kier molecular flexibility index (Phi) is 3.95. The number of carbonyl (C=O) groups is 3. The highest BCUT2D eigenvalue weighted by Crippen LogP contribution is 2.43. The van der Waals surface area contributed by atoms with Gasteiger partial charge in [0.1, 0.15) is 16.9 Å². The van der Waals surface area contributed by atoms with Crippen LogP contribution in [0.2, 0.25) is 0 Å². The monoisotopic (exact) mass is 360 g/mol. The molecule has 26 heavy (non-hydrogen) atoms. The number of Topliss-reactive ketones (excluding diaryl/α,β-unsaturated/α-hetero) is 1. The molecule has 1 amide bonds. The van der Waals surface area contributed by atoms with Crippen LogP contribution >= 0.6 is 0 Å². The van der Waals surface area contributed by atoms with E-state index >= 15 is 0 Å². The second-order valence-corrected chi connectivity index (χ2v) is 7.98. The van der Waals surface area contributed by atoms with Crippen molar-refractivity contribution in [1.82, 2.24) is 9.80 Å². The Hall–Kier alpha value is -2.15. The van der Waals surface area contributed by atoms with Crippen LogP contribution in [0.5, 0.6) is 0 Å². The Balaban J connectivity index is 1.68. The molecule has 0 radical (unpaired) electrons. The molecule has 3 aliphatic rings. The Morgan fingerprint density at radius 3 is 2.77 bits per heavy atom. The van der Waals surface area contributed by atoms with Gasteiger partial charge in [0.2, 0.25) is 0 Å². The molecule has 2 fully saturated rings. The molecule has 1 N–H and O–H groups in total. The van der Waals surface area contributed by atoms with Crippen LogP contribution in [0.1, 0.15) is 51.5 Å². The standard InChI is InChI=1S/C19H24N2O5/c1-11-15(16-13(22)4-3-5-14(16)26-11)17(23)21-8-12-6-7-20(2)9-19(12,10-21)18(24)25/h12H,3-10H2,1-2H3,(H,24,25). The average Bonchev–Trinajstić information content (AvgIpc) is 3.13. The fourth-order valence-corrected chi connectivity index (χ4v) is 4.95. The molecule has 2 saturated heterocycles. The van der Waals surface area contributed by atoms with Crippen LogP contribution in [-0.2, 0) is 11.2 Å². The highest BCUT2D eigenvalue weighted by Gasteiger charge is 2.56. The van der Waals surface area contributed by atoms with Crippen LogP contribution in [0, 0.1) is 18.3 Å². The van der Waals surface area contributed by atoms with Crippen molar-refractivity contribution in [2.75, 3.05) is 33.2 Å². The second-order valence-electron chi connectivity index (χ2n) is 7.98. The Labute approximate surface area is 151 Å². The maximum absolute atomic E-state index is 13.2. The summed E-state index contributed by atoms with van der Waals surface area (Å²) in [6.07, 6.45) is 2.60. The predicted molar refractivity (Wildman–Crippen MR) is 92.3 cm³/mol. The number of hydrogen-bond donors (Lipinski definition) is 1. The van der Waals surface area contributed by atoms with Crippen LogP contribution in [-0.4, -0.2) is 65.8 Å². The Bertz CT molecular complexity index is 798. The third kappa shape index (κ3) is 2.40. The highest BCUT2D eigenvalue weighted by molar-refractivity contribution is 6.10. The number of carboxylic acids is 1. The first-order valence-electron chi connectivity index (χ1n) is 9.20. The van der Waals surface area contributed by atoms with Crippen molar-refractivity contribution < 1.29 is 23.9 Å². The summed E-state index contributed by atoms with van der Waals surface area (Å²) in [6, 6.07) is 0. The lowest BCUT2D eigenvalue weighted by Crippen LogP contribution is -2.52. The van der Waals surface area contributed by atoms with Crippen molar-refractivity contribution in [3.05, 3.63) is 22.6 Å². The van der Waals surface area contributed by atoms with E-state index in [9.17, 15) is 19.5 Å². The molecule has 4 rings (SSSR count). The number of aryl methyl sites for hydroxylation is 2. The molecule has 7 nitrogen and oxygen atoms in total. The summed E-state index contributed by atoms with van der Waals surface area (Å²) in [7, 11) is 1.92. The van der Waals surface area contributed by atoms with Gasteiger partial charge < -0.3 is 19.3 Å². The quantitative estimate of drug-likeness (QED) is 0.861. The number of fused-ring (bicyclic) bond motifs is 2. The maximum atomic E-state index is 13.2. The number of rotatable bonds is 2. The van der Waals surface area contributed by atoms with E-state index in [0.717, 1.165) is 19.4 Å². The Morgan fingerprint density at radius 2 is 2.04 bits per heavy atom. The van der Waals surface area contributed by atoms with Gasteiger partial charge >= 0.3 is 5.97 Å².